The summed E-state index contributed by atoms with van der Waals surface area (Å²) in [6.45, 7) is 0. The fourth-order valence-electron chi connectivity index (χ4n) is 1.26. The number of halogens is 1. The van der Waals surface area contributed by atoms with Crippen LogP contribution < -0.4 is 16.0 Å². The summed E-state index contributed by atoms with van der Waals surface area (Å²) in [5.41, 5.74) is 2.31. The highest BCUT2D eigenvalue weighted by Gasteiger charge is 2.15. The van der Waals surface area contributed by atoms with E-state index in [1.54, 1.807) is 0 Å². The van der Waals surface area contributed by atoms with Crippen molar-refractivity contribution in [3.05, 3.63) is 41.7 Å². The van der Waals surface area contributed by atoms with E-state index < -0.39 is 10.0 Å². The molecule has 0 saturated heterocycles. The van der Waals surface area contributed by atoms with Crippen molar-refractivity contribution in [1.29, 1.82) is 0 Å². The van der Waals surface area contributed by atoms with E-state index in [0.717, 1.165) is 0 Å². The van der Waals surface area contributed by atoms with Crippen molar-refractivity contribution in [1.82, 2.24) is 9.97 Å². The summed E-state index contributed by atoms with van der Waals surface area (Å²) in [7, 11) is -3.74. The van der Waals surface area contributed by atoms with Gasteiger partial charge in [-0.25, -0.2) is 24.2 Å². The molecule has 4 N–H and O–H groups in total. The van der Waals surface area contributed by atoms with E-state index in [0.29, 0.717) is 10.8 Å². The van der Waals surface area contributed by atoms with Crippen LogP contribution in [0.1, 0.15) is 0 Å². The number of sulfonamides is 1. The molecule has 0 amide bonds. The van der Waals surface area contributed by atoms with Gasteiger partial charge in [0.25, 0.3) is 10.0 Å². The summed E-state index contributed by atoms with van der Waals surface area (Å²) >= 11 is 5.66. The lowest BCUT2D eigenvalue weighted by molar-refractivity contribution is 0.600. The zero-order valence-electron chi connectivity index (χ0n) is 9.54. The molecule has 0 aliphatic heterocycles. The first kappa shape index (κ1) is 13.5. The van der Waals surface area contributed by atoms with Crippen LogP contribution in [0.25, 0.3) is 0 Å². The number of nitrogens with one attached hydrogen (secondary N) is 2. The summed E-state index contributed by atoms with van der Waals surface area (Å²) in [6, 6.07) is 5.82. The minimum atomic E-state index is -3.74. The highest BCUT2D eigenvalue weighted by Crippen LogP contribution is 2.16. The molecule has 2 rings (SSSR count). The topological polar surface area (TPSA) is 110 Å². The van der Waals surface area contributed by atoms with Gasteiger partial charge in [-0.05, 0) is 24.3 Å². The molecule has 0 aromatic carbocycles. The molecule has 100 valence electrons. The number of aromatic nitrogens is 2. The molecule has 0 atom stereocenters. The average molecular weight is 300 g/mol. The second-order valence-electron chi connectivity index (χ2n) is 3.49. The summed E-state index contributed by atoms with van der Waals surface area (Å²) < 4.78 is 26.3. The standard InChI is InChI=1S/C10H10ClN5O2S/c11-7-1-3-10(13-5-7)16-19(17,18)8-2-4-9(15-12)14-6-8/h1-6H,12H2,(H,13,16)(H,14,15). The van der Waals surface area contributed by atoms with Crippen LogP contribution in [0.15, 0.2) is 41.6 Å². The van der Waals surface area contributed by atoms with Crippen molar-refractivity contribution in [3.63, 3.8) is 0 Å². The molecule has 2 aromatic heterocycles. The molecule has 9 heteroatoms. The Morgan fingerprint density at radius 2 is 1.74 bits per heavy atom. The van der Waals surface area contributed by atoms with E-state index in [1.807, 2.05) is 0 Å². The monoisotopic (exact) mass is 299 g/mol. The van der Waals surface area contributed by atoms with Gasteiger partial charge in [0.1, 0.15) is 16.5 Å². The van der Waals surface area contributed by atoms with Gasteiger partial charge in [0.2, 0.25) is 0 Å². The van der Waals surface area contributed by atoms with Gasteiger partial charge in [-0.1, -0.05) is 11.6 Å². The second-order valence-corrected chi connectivity index (χ2v) is 5.61. The Morgan fingerprint density at radius 1 is 1.05 bits per heavy atom. The molecular weight excluding hydrogens is 290 g/mol. The SMILES string of the molecule is NNc1ccc(S(=O)(=O)Nc2ccc(Cl)cn2)cn1. The fourth-order valence-corrected chi connectivity index (χ4v) is 2.32. The number of hydrazine groups is 1. The highest BCUT2D eigenvalue weighted by atomic mass is 35.5. The van der Waals surface area contributed by atoms with Gasteiger partial charge in [0.05, 0.1) is 5.02 Å². The number of nitrogen functional groups attached to an aromatic ring is 1. The quantitative estimate of drug-likeness (QED) is 0.578. The van der Waals surface area contributed by atoms with Gasteiger partial charge in [-0.3, -0.25) is 4.72 Å². The maximum atomic E-state index is 12.0. The highest BCUT2D eigenvalue weighted by molar-refractivity contribution is 7.92. The number of hydrogen-bond acceptors (Lipinski definition) is 6. The second kappa shape index (κ2) is 5.39. The Morgan fingerprint density at radius 3 is 2.26 bits per heavy atom. The van der Waals surface area contributed by atoms with E-state index >= 15 is 0 Å². The maximum Gasteiger partial charge on any atom is 0.264 e. The lowest BCUT2D eigenvalue weighted by Gasteiger charge is -2.07. The summed E-state index contributed by atoms with van der Waals surface area (Å²) in [4.78, 5) is 7.67. The molecule has 2 aromatic rings. The molecule has 0 spiro atoms. The van der Waals surface area contributed by atoms with Crippen molar-refractivity contribution in [2.24, 2.45) is 5.84 Å². The van der Waals surface area contributed by atoms with Gasteiger partial charge in [0, 0.05) is 12.4 Å². The van der Waals surface area contributed by atoms with Gasteiger partial charge < -0.3 is 5.43 Å². The molecule has 0 aliphatic rings. The van der Waals surface area contributed by atoms with Gasteiger partial charge in [0.15, 0.2) is 0 Å². The van der Waals surface area contributed by atoms with Crippen molar-refractivity contribution < 1.29 is 8.42 Å². The Bertz CT molecular complexity index is 657. The maximum absolute atomic E-state index is 12.0. The molecule has 0 saturated carbocycles. The average Bonchev–Trinajstić information content (AvgIpc) is 2.41. The fraction of sp³-hybridized carbons (Fsp3) is 0. The van der Waals surface area contributed by atoms with Crippen molar-refractivity contribution in [2.75, 3.05) is 10.1 Å². The van der Waals surface area contributed by atoms with Crippen LogP contribution in [-0.4, -0.2) is 18.4 Å². The van der Waals surface area contributed by atoms with Crippen molar-refractivity contribution in [2.45, 2.75) is 4.90 Å². The predicted octanol–water partition coefficient (Wildman–Crippen LogP) is 1.22. The summed E-state index contributed by atoms with van der Waals surface area (Å²) in [5.74, 6) is 5.68. The van der Waals surface area contributed by atoms with Gasteiger partial charge in [-0.15, -0.1) is 0 Å². The number of rotatable bonds is 4. The molecule has 19 heavy (non-hydrogen) atoms. The Labute approximate surface area is 114 Å². The molecule has 0 aliphatic carbocycles. The van der Waals surface area contributed by atoms with Crippen LogP contribution in [0.3, 0.4) is 0 Å². The van der Waals surface area contributed by atoms with E-state index in [-0.39, 0.29) is 10.7 Å². The van der Waals surface area contributed by atoms with Crippen molar-refractivity contribution in [3.8, 4) is 0 Å². The van der Waals surface area contributed by atoms with Crippen LogP contribution in [0.4, 0.5) is 11.6 Å². The third-order valence-corrected chi connectivity index (χ3v) is 3.72. The van der Waals surface area contributed by atoms with Crippen molar-refractivity contribution >= 4 is 33.3 Å². The molecular formula is C10H10ClN5O2S. The number of nitrogens with two attached hydrogens (primary N) is 1. The molecule has 0 radical (unpaired) electrons. The third-order valence-electron chi connectivity index (χ3n) is 2.16. The first-order valence-corrected chi connectivity index (χ1v) is 6.94. The van der Waals surface area contributed by atoms with E-state index in [9.17, 15) is 8.42 Å². The van der Waals surface area contributed by atoms with Gasteiger partial charge >= 0.3 is 0 Å². The molecule has 0 bridgehead atoms. The first-order chi connectivity index (χ1) is 9.01. The Hall–Kier alpha value is -1.90. The smallest absolute Gasteiger partial charge is 0.264 e. The van der Waals surface area contributed by atoms with Crippen LogP contribution in [0.5, 0.6) is 0 Å². The normalized spacial score (nSPS) is 11.1. The summed E-state index contributed by atoms with van der Waals surface area (Å²) in [6.07, 6.45) is 2.53. The van der Waals surface area contributed by atoms with E-state index in [2.05, 4.69) is 20.1 Å². The molecule has 7 nitrogen and oxygen atoms in total. The zero-order valence-corrected chi connectivity index (χ0v) is 11.1. The molecule has 0 unspecified atom stereocenters. The first-order valence-electron chi connectivity index (χ1n) is 5.08. The lowest BCUT2D eigenvalue weighted by Crippen LogP contribution is -2.15. The van der Waals surface area contributed by atoms with Crippen LogP contribution >= 0.6 is 11.6 Å². The lowest BCUT2D eigenvalue weighted by atomic mass is 10.5. The Kier molecular flexibility index (Phi) is 3.84. The number of pyridine rings is 2. The zero-order chi connectivity index (χ0) is 13.9. The van der Waals surface area contributed by atoms with Crippen LogP contribution in [0.2, 0.25) is 5.02 Å². The minimum absolute atomic E-state index is 0.00301. The molecule has 0 fully saturated rings. The van der Waals surface area contributed by atoms with Gasteiger partial charge in [-0.2, -0.15) is 0 Å². The minimum Gasteiger partial charge on any atom is -0.308 e. The number of anilines is 2. The largest absolute Gasteiger partial charge is 0.308 e. The third kappa shape index (κ3) is 3.31. The number of nitrogens with zero attached hydrogens (tertiary/aromatic N) is 2. The van der Waals surface area contributed by atoms with E-state index in [1.165, 1.54) is 36.7 Å². The molecule has 2 heterocycles. The Balaban J connectivity index is 2.24. The number of hydrogen-bond donors (Lipinski definition) is 3. The predicted molar refractivity (Wildman–Crippen MR) is 72.1 cm³/mol. The summed E-state index contributed by atoms with van der Waals surface area (Å²) in [5, 5.41) is 0.419. The van der Waals surface area contributed by atoms with E-state index in [4.69, 9.17) is 17.4 Å². The van der Waals surface area contributed by atoms with Crippen LogP contribution in [-0.2, 0) is 10.0 Å². The van der Waals surface area contributed by atoms with Crippen LogP contribution in [0, 0.1) is 0 Å².